The van der Waals surface area contributed by atoms with E-state index in [4.69, 9.17) is 24.5 Å². The van der Waals surface area contributed by atoms with Crippen LogP contribution in [0.2, 0.25) is 0 Å². The molecule has 0 amide bonds. The summed E-state index contributed by atoms with van der Waals surface area (Å²) in [5, 5.41) is 26.2. The maximum Gasteiger partial charge on any atom is 0.414 e. The Kier molecular flexibility index (Phi) is 5.93. The number of nitriles is 1. The Morgan fingerprint density at radius 2 is 1.88 bits per heavy atom. The molecule has 0 spiro atoms. The van der Waals surface area contributed by atoms with Crippen molar-refractivity contribution in [2.45, 2.75) is 12.5 Å². The number of hydrogen-bond donors (Lipinski definition) is 2. The Balaban J connectivity index is 0.000000326. The van der Waals surface area contributed by atoms with Crippen molar-refractivity contribution in [2.24, 2.45) is 0 Å². The van der Waals surface area contributed by atoms with Gasteiger partial charge in [-0.25, -0.2) is 9.59 Å². The van der Waals surface area contributed by atoms with Crippen molar-refractivity contribution in [1.29, 1.82) is 5.26 Å². The van der Waals surface area contributed by atoms with Gasteiger partial charge in [-0.05, 0) is 24.9 Å². The summed E-state index contributed by atoms with van der Waals surface area (Å²) in [5.74, 6) is -2.91. The van der Waals surface area contributed by atoms with Crippen molar-refractivity contribution in [1.82, 2.24) is 4.90 Å². The Morgan fingerprint density at radius 3 is 2.44 bits per heavy atom. The molecule has 1 aliphatic rings. The largest absolute Gasteiger partial charge is 0.487 e. The molecule has 0 aromatic heterocycles. The lowest BCUT2D eigenvalue weighted by molar-refractivity contribution is -0.159. The standard InChI is InChI=1S/C16H16N2O.C2H2O4/c1-18-9-8-14(11-18)19-16-13(10-17)7-6-12-4-2-3-5-15(12)16;3-1(4)2(5)6/h2-7,14H,8-9,11H2,1H3;(H,3,4)(H,5,6). The van der Waals surface area contributed by atoms with E-state index in [1.54, 1.807) is 0 Å². The summed E-state index contributed by atoms with van der Waals surface area (Å²) in [4.78, 5) is 20.5. The SMILES string of the molecule is CN1CCC(Oc2c(C#N)ccc3ccccc23)C1.O=C(O)C(=O)O. The van der Waals surface area contributed by atoms with Crippen LogP contribution in [0, 0.1) is 11.3 Å². The van der Waals surface area contributed by atoms with Crippen molar-refractivity contribution in [3.05, 3.63) is 42.0 Å². The van der Waals surface area contributed by atoms with E-state index in [2.05, 4.69) is 18.0 Å². The van der Waals surface area contributed by atoms with Gasteiger partial charge in [0.25, 0.3) is 0 Å². The molecule has 2 aromatic rings. The van der Waals surface area contributed by atoms with Crippen LogP contribution in [0.3, 0.4) is 0 Å². The predicted molar refractivity (Wildman–Crippen MR) is 90.5 cm³/mol. The number of carboxylic acids is 2. The van der Waals surface area contributed by atoms with E-state index < -0.39 is 11.9 Å². The average molecular weight is 342 g/mol. The molecule has 1 unspecified atom stereocenters. The summed E-state index contributed by atoms with van der Waals surface area (Å²) in [6.45, 7) is 1.98. The van der Waals surface area contributed by atoms with Gasteiger partial charge in [0.1, 0.15) is 17.9 Å². The first kappa shape index (κ1) is 18.2. The lowest BCUT2D eigenvalue weighted by Gasteiger charge is -2.16. The molecule has 2 N–H and O–H groups in total. The maximum atomic E-state index is 9.26. The molecule has 3 rings (SSSR count). The molecule has 25 heavy (non-hydrogen) atoms. The first-order chi connectivity index (χ1) is 11.9. The number of hydrogen-bond acceptors (Lipinski definition) is 5. The van der Waals surface area contributed by atoms with Crippen molar-refractivity contribution >= 4 is 22.7 Å². The molecular weight excluding hydrogens is 324 g/mol. The molecular formula is C18H18N2O5. The lowest BCUT2D eigenvalue weighted by atomic mass is 10.1. The van der Waals surface area contributed by atoms with Crippen molar-refractivity contribution in [3.8, 4) is 11.8 Å². The number of carboxylic acid groups (broad SMARTS) is 2. The van der Waals surface area contributed by atoms with Crippen LogP contribution in [0.5, 0.6) is 5.75 Å². The molecule has 1 heterocycles. The van der Waals surface area contributed by atoms with Crippen molar-refractivity contribution < 1.29 is 24.5 Å². The normalized spacial score (nSPS) is 16.6. The highest BCUT2D eigenvalue weighted by Crippen LogP contribution is 2.31. The molecule has 7 nitrogen and oxygen atoms in total. The van der Waals surface area contributed by atoms with E-state index in [0.717, 1.165) is 36.0 Å². The summed E-state index contributed by atoms with van der Waals surface area (Å²) in [6, 6.07) is 14.1. The minimum absolute atomic E-state index is 0.183. The van der Waals surface area contributed by atoms with E-state index in [9.17, 15) is 5.26 Å². The molecule has 1 atom stereocenters. The van der Waals surface area contributed by atoms with Gasteiger partial charge in [0, 0.05) is 18.5 Å². The van der Waals surface area contributed by atoms with Crippen LogP contribution in [0.15, 0.2) is 36.4 Å². The summed E-state index contributed by atoms with van der Waals surface area (Å²) < 4.78 is 6.12. The molecule has 0 aliphatic carbocycles. The monoisotopic (exact) mass is 342 g/mol. The van der Waals surface area contributed by atoms with Crippen LogP contribution in [-0.2, 0) is 9.59 Å². The molecule has 1 aliphatic heterocycles. The van der Waals surface area contributed by atoms with Crippen LogP contribution in [-0.4, -0.2) is 53.3 Å². The molecule has 1 saturated heterocycles. The minimum Gasteiger partial charge on any atom is -0.487 e. The zero-order chi connectivity index (χ0) is 18.4. The van der Waals surface area contributed by atoms with Crippen molar-refractivity contribution in [3.63, 3.8) is 0 Å². The second-order valence-corrected chi connectivity index (χ2v) is 5.68. The summed E-state index contributed by atoms with van der Waals surface area (Å²) >= 11 is 0. The van der Waals surface area contributed by atoms with Gasteiger partial charge in [-0.3, -0.25) is 0 Å². The first-order valence-corrected chi connectivity index (χ1v) is 7.65. The summed E-state index contributed by atoms with van der Waals surface area (Å²) in [6.07, 6.45) is 1.20. The van der Waals surface area contributed by atoms with Gasteiger partial charge in [0.2, 0.25) is 0 Å². The molecule has 0 bridgehead atoms. The fraction of sp³-hybridized carbons (Fsp3) is 0.278. The smallest absolute Gasteiger partial charge is 0.414 e. The topological polar surface area (TPSA) is 111 Å². The fourth-order valence-corrected chi connectivity index (χ4v) is 2.62. The van der Waals surface area contributed by atoms with E-state index in [1.807, 2.05) is 36.4 Å². The third-order valence-corrected chi connectivity index (χ3v) is 3.82. The van der Waals surface area contributed by atoms with Gasteiger partial charge in [0.05, 0.1) is 5.56 Å². The molecule has 1 fully saturated rings. The molecule has 2 aromatic carbocycles. The number of carbonyl (C=O) groups is 2. The number of ether oxygens (including phenoxy) is 1. The average Bonchev–Trinajstić information content (AvgIpc) is 3.00. The van der Waals surface area contributed by atoms with E-state index in [-0.39, 0.29) is 6.10 Å². The van der Waals surface area contributed by atoms with E-state index in [1.165, 1.54) is 0 Å². The number of benzene rings is 2. The third kappa shape index (κ3) is 4.68. The second kappa shape index (κ2) is 8.13. The van der Waals surface area contributed by atoms with Crippen LogP contribution in [0.4, 0.5) is 0 Å². The Morgan fingerprint density at radius 1 is 1.20 bits per heavy atom. The second-order valence-electron chi connectivity index (χ2n) is 5.68. The van der Waals surface area contributed by atoms with Crippen molar-refractivity contribution in [2.75, 3.05) is 20.1 Å². The van der Waals surface area contributed by atoms with Gasteiger partial charge in [-0.1, -0.05) is 30.3 Å². The summed E-state index contributed by atoms with van der Waals surface area (Å²) in [7, 11) is 2.09. The van der Waals surface area contributed by atoms with E-state index >= 15 is 0 Å². The maximum absolute atomic E-state index is 9.26. The molecule has 0 saturated carbocycles. The Labute approximate surface area is 144 Å². The zero-order valence-electron chi connectivity index (χ0n) is 13.7. The fourth-order valence-electron chi connectivity index (χ4n) is 2.62. The molecule has 130 valence electrons. The number of nitrogens with zero attached hydrogens (tertiary/aromatic N) is 2. The summed E-state index contributed by atoms with van der Waals surface area (Å²) in [5.41, 5.74) is 0.619. The highest BCUT2D eigenvalue weighted by molar-refractivity contribution is 6.27. The molecule has 7 heteroatoms. The first-order valence-electron chi connectivity index (χ1n) is 7.65. The third-order valence-electron chi connectivity index (χ3n) is 3.82. The zero-order valence-corrected chi connectivity index (χ0v) is 13.7. The van der Waals surface area contributed by atoms with Crippen LogP contribution >= 0.6 is 0 Å². The number of rotatable bonds is 2. The Hall–Kier alpha value is -3.11. The number of aliphatic carboxylic acids is 2. The predicted octanol–water partition coefficient (Wildman–Crippen LogP) is 1.95. The highest BCUT2D eigenvalue weighted by atomic mass is 16.5. The lowest BCUT2D eigenvalue weighted by Crippen LogP contribution is -2.21. The number of likely N-dealkylation sites (N-methyl/N-ethyl adjacent to an activating group) is 1. The number of likely N-dealkylation sites (tertiary alicyclic amines) is 1. The van der Waals surface area contributed by atoms with Gasteiger partial charge in [0.15, 0.2) is 0 Å². The van der Waals surface area contributed by atoms with Gasteiger partial charge >= 0.3 is 11.9 Å². The van der Waals surface area contributed by atoms with Gasteiger partial charge in [-0.15, -0.1) is 0 Å². The quantitative estimate of drug-likeness (QED) is 0.802. The van der Waals surface area contributed by atoms with Crippen LogP contribution in [0.25, 0.3) is 10.8 Å². The minimum atomic E-state index is -1.82. The van der Waals surface area contributed by atoms with E-state index in [0.29, 0.717) is 5.56 Å². The Bertz CT molecular complexity index is 816. The van der Waals surface area contributed by atoms with Gasteiger partial charge < -0.3 is 19.8 Å². The molecule has 0 radical (unpaired) electrons. The van der Waals surface area contributed by atoms with Crippen LogP contribution in [0.1, 0.15) is 12.0 Å². The van der Waals surface area contributed by atoms with Crippen LogP contribution < -0.4 is 4.74 Å². The van der Waals surface area contributed by atoms with Gasteiger partial charge in [-0.2, -0.15) is 5.26 Å². The highest BCUT2D eigenvalue weighted by Gasteiger charge is 2.22. The number of fused-ring (bicyclic) bond motifs is 1.